The summed E-state index contributed by atoms with van der Waals surface area (Å²) in [6, 6.07) is 7.68. The SMILES string of the molecule is Cc1cc(C)n(-c2nc(SCc3c(Cl)cccc3Cl)c3c4c(sc3n2)CCCC4)n1. The summed E-state index contributed by atoms with van der Waals surface area (Å²) < 4.78 is 1.83. The van der Waals surface area contributed by atoms with Crippen molar-refractivity contribution in [3.8, 4) is 5.95 Å². The van der Waals surface area contributed by atoms with Gasteiger partial charge < -0.3 is 0 Å². The minimum absolute atomic E-state index is 0.624. The molecule has 0 amide bonds. The smallest absolute Gasteiger partial charge is 0.204 e. The van der Waals surface area contributed by atoms with Gasteiger partial charge in [0.15, 0.2) is 0 Å². The molecule has 5 rings (SSSR count). The first-order valence-electron chi connectivity index (χ1n) is 9.93. The second-order valence-electron chi connectivity index (χ2n) is 7.55. The number of aryl methyl sites for hydroxylation is 4. The highest BCUT2D eigenvalue weighted by molar-refractivity contribution is 7.98. The second-order valence-corrected chi connectivity index (χ2v) is 10.4. The molecular formula is C22H20Cl2N4S2. The Bertz CT molecular complexity index is 1240. The van der Waals surface area contributed by atoms with Gasteiger partial charge in [0.05, 0.1) is 5.69 Å². The Morgan fingerprint density at radius 2 is 1.87 bits per heavy atom. The molecule has 4 nitrogen and oxygen atoms in total. The van der Waals surface area contributed by atoms with Gasteiger partial charge >= 0.3 is 0 Å². The molecule has 1 aliphatic carbocycles. The quantitative estimate of drug-likeness (QED) is 0.236. The minimum Gasteiger partial charge on any atom is -0.204 e. The monoisotopic (exact) mass is 474 g/mol. The summed E-state index contributed by atoms with van der Waals surface area (Å²) in [6.45, 7) is 4.02. The summed E-state index contributed by atoms with van der Waals surface area (Å²) in [7, 11) is 0. The lowest BCUT2D eigenvalue weighted by molar-refractivity contribution is 0.699. The van der Waals surface area contributed by atoms with E-state index in [4.69, 9.17) is 33.2 Å². The highest BCUT2D eigenvalue weighted by atomic mass is 35.5. The van der Waals surface area contributed by atoms with Crippen molar-refractivity contribution in [2.45, 2.75) is 50.3 Å². The van der Waals surface area contributed by atoms with E-state index < -0.39 is 0 Å². The Morgan fingerprint density at radius 1 is 1.10 bits per heavy atom. The predicted molar refractivity (Wildman–Crippen MR) is 127 cm³/mol. The number of rotatable bonds is 4. The normalized spacial score (nSPS) is 13.7. The molecule has 30 heavy (non-hydrogen) atoms. The molecule has 0 N–H and O–H groups in total. The Balaban J connectivity index is 1.64. The van der Waals surface area contributed by atoms with E-state index in [2.05, 4.69) is 5.10 Å². The molecule has 4 aromatic rings. The van der Waals surface area contributed by atoms with E-state index in [1.165, 1.54) is 28.7 Å². The van der Waals surface area contributed by atoms with Gasteiger partial charge in [-0.05, 0) is 68.9 Å². The molecule has 3 aromatic heterocycles. The van der Waals surface area contributed by atoms with Crippen LogP contribution in [0.3, 0.4) is 0 Å². The van der Waals surface area contributed by atoms with Crippen LogP contribution in [0.1, 0.15) is 40.2 Å². The zero-order chi connectivity index (χ0) is 20.8. The van der Waals surface area contributed by atoms with Crippen LogP contribution in [0.15, 0.2) is 29.3 Å². The minimum atomic E-state index is 0.624. The number of hydrogen-bond donors (Lipinski definition) is 0. The molecule has 0 spiro atoms. The topological polar surface area (TPSA) is 43.6 Å². The van der Waals surface area contributed by atoms with Crippen LogP contribution in [0.2, 0.25) is 10.0 Å². The van der Waals surface area contributed by atoms with E-state index in [1.54, 1.807) is 23.1 Å². The fourth-order valence-electron chi connectivity index (χ4n) is 3.95. The molecule has 0 atom stereocenters. The molecule has 0 bridgehead atoms. The van der Waals surface area contributed by atoms with Gasteiger partial charge in [-0.25, -0.2) is 9.67 Å². The van der Waals surface area contributed by atoms with Gasteiger partial charge in [-0.1, -0.05) is 29.3 Å². The standard InChI is InChI=1S/C22H20Cl2N4S2/c1-12-10-13(2)28(27-12)22-25-20(29-11-15-16(23)7-5-8-17(15)24)19-14-6-3-4-9-18(14)30-21(19)26-22/h5,7-8,10H,3-4,6,9,11H2,1-2H3. The van der Waals surface area contributed by atoms with Crippen molar-refractivity contribution in [3.63, 3.8) is 0 Å². The maximum atomic E-state index is 6.42. The van der Waals surface area contributed by atoms with Crippen LogP contribution in [-0.2, 0) is 18.6 Å². The zero-order valence-corrected chi connectivity index (χ0v) is 19.9. The van der Waals surface area contributed by atoms with E-state index in [9.17, 15) is 0 Å². The number of fused-ring (bicyclic) bond motifs is 3. The third-order valence-corrected chi connectivity index (χ3v) is 8.28. The number of nitrogens with zero attached hydrogens (tertiary/aromatic N) is 4. The first-order valence-corrected chi connectivity index (χ1v) is 12.5. The fourth-order valence-corrected chi connectivity index (χ4v) is 7.07. The molecule has 1 aliphatic rings. The number of thioether (sulfide) groups is 1. The van der Waals surface area contributed by atoms with Crippen LogP contribution in [0.4, 0.5) is 0 Å². The Labute approximate surface area is 193 Å². The van der Waals surface area contributed by atoms with Gasteiger partial charge in [-0.2, -0.15) is 10.1 Å². The number of thiophene rings is 1. The molecule has 0 saturated heterocycles. The van der Waals surface area contributed by atoms with Crippen LogP contribution in [0, 0.1) is 13.8 Å². The maximum absolute atomic E-state index is 6.42. The van der Waals surface area contributed by atoms with Gasteiger partial charge in [0.25, 0.3) is 5.95 Å². The maximum Gasteiger partial charge on any atom is 0.253 e. The van der Waals surface area contributed by atoms with Crippen LogP contribution in [0.5, 0.6) is 0 Å². The van der Waals surface area contributed by atoms with Crippen molar-refractivity contribution < 1.29 is 0 Å². The largest absolute Gasteiger partial charge is 0.253 e. The Hall–Kier alpha value is -1.60. The molecule has 0 saturated carbocycles. The van der Waals surface area contributed by atoms with Gasteiger partial charge in [0, 0.05) is 31.8 Å². The molecule has 0 radical (unpaired) electrons. The summed E-state index contributed by atoms with van der Waals surface area (Å²) in [5.74, 6) is 1.28. The van der Waals surface area contributed by atoms with Crippen molar-refractivity contribution in [1.29, 1.82) is 0 Å². The molecule has 0 aliphatic heterocycles. The first kappa shape index (κ1) is 20.3. The van der Waals surface area contributed by atoms with Crippen molar-refractivity contribution in [2.24, 2.45) is 0 Å². The van der Waals surface area contributed by atoms with Gasteiger partial charge in [0.2, 0.25) is 0 Å². The van der Waals surface area contributed by atoms with Crippen LogP contribution >= 0.6 is 46.3 Å². The summed E-state index contributed by atoms with van der Waals surface area (Å²) in [5, 5.41) is 8.16. The van der Waals surface area contributed by atoms with Crippen molar-refractivity contribution in [3.05, 3.63) is 61.7 Å². The van der Waals surface area contributed by atoms with Gasteiger partial charge in [0.1, 0.15) is 9.86 Å². The first-order chi connectivity index (χ1) is 14.5. The molecule has 154 valence electrons. The lowest BCUT2D eigenvalue weighted by Crippen LogP contribution is -2.06. The Kier molecular flexibility index (Phi) is 5.52. The molecule has 0 fully saturated rings. The average Bonchev–Trinajstić information content (AvgIpc) is 3.26. The van der Waals surface area contributed by atoms with Gasteiger partial charge in [-0.3, -0.25) is 0 Å². The van der Waals surface area contributed by atoms with E-state index in [0.717, 1.165) is 39.6 Å². The van der Waals surface area contributed by atoms with E-state index >= 15 is 0 Å². The summed E-state index contributed by atoms with van der Waals surface area (Å²) in [4.78, 5) is 12.4. The predicted octanol–water partition coefficient (Wildman–Crippen LogP) is 6.97. The van der Waals surface area contributed by atoms with E-state index in [-0.39, 0.29) is 0 Å². The van der Waals surface area contributed by atoms with Crippen LogP contribution < -0.4 is 0 Å². The van der Waals surface area contributed by atoms with Crippen LogP contribution in [0.25, 0.3) is 16.2 Å². The number of halogens is 2. The van der Waals surface area contributed by atoms with E-state index in [0.29, 0.717) is 21.7 Å². The average molecular weight is 475 g/mol. The third-order valence-electron chi connectivity index (χ3n) is 5.38. The lowest BCUT2D eigenvalue weighted by atomic mass is 9.97. The number of hydrogen-bond acceptors (Lipinski definition) is 5. The third kappa shape index (κ3) is 3.64. The van der Waals surface area contributed by atoms with Gasteiger partial charge in [-0.15, -0.1) is 23.1 Å². The highest BCUT2D eigenvalue weighted by Crippen LogP contribution is 2.41. The summed E-state index contributed by atoms with van der Waals surface area (Å²) in [6.07, 6.45) is 4.69. The van der Waals surface area contributed by atoms with Crippen molar-refractivity contribution >= 4 is 56.5 Å². The van der Waals surface area contributed by atoms with Crippen molar-refractivity contribution in [1.82, 2.24) is 19.7 Å². The molecular weight excluding hydrogens is 455 g/mol. The zero-order valence-electron chi connectivity index (χ0n) is 16.7. The Morgan fingerprint density at radius 3 is 2.60 bits per heavy atom. The number of aromatic nitrogens is 4. The molecule has 1 aromatic carbocycles. The second kappa shape index (κ2) is 8.15. The van der Waals surface area contributed by atoms with Crippen LogP contribution in [-0.4, -0.2) is 19.7 Å². The molecule has 8 heteroatoms. The van der Waals surface area contributed by atoms with Crippen molar-refractivity contribution in [2.75, 3.05) is 0 Å². The molecule has 3 heterocycles. The summed E-state index contributed by atoms with van der Waals surface area (Å²) in [5.41, 5.74) is 4.35. The summed E-state index contributed by atoms with van der Waals surface area (Å²) >= 11 is 16.3. The highest BCUT2D eigenvalue weighted by Gasteiger charge is 2.23. The lowest BCUT2D eigenvalue weighted by Gasteiger charge is -2.13. The fraction of sp³-hybridized carbons (Fsp3) is 0.318. The number of benzene rings is 1. The van der Waals surface area contributed by atoms with E-state index in [1.807, 2.05) is 42.8 Å². The molecule has 0 unspecified atom stereocenters.